The van der Waals surface area contributed by atoms with Gasteiger partial charge in [-0.2, -0.15) is 0 Å². The molecular weight excluding hydrogens is 214 g/mol. The standard InChI is InChI=1S/C11H16ClNS/c1-9(6-12)7-13-4-2-11-10(8-13)3-5-14-11/h3,5,9H,2,4,6-8H2,1H3. The Hall–Kier alpha value is -0.0500. The van der Waals surface area contributed by atoms with Crippen molar-refractivity contribution >= 4 is 22.9 Å². The van der Waals surface area contributed by atoms with E-state index < -0.39 is 0 Å². The van der Waals surface area contributed by atoms with Crippen molar-refractivity contribution in [1.29, 1.82) is 0 Å². The lowest BCUT2D eigenvalue weighted by Gasteiger charge is -2.28. The van der Waals surface area contributed by atoms with Crippen molar-refractivity contribution in [2.24, 2.45) is 5.92 Å². The van der Waals surface area contributed by atoms with E-state index in [2.05, 4.69) is 23.3 Å². The van der Waals surface area contributed by atoms with Gasteiger partial charge in [0.15, 0.2) is 0 Å². The van der Waals surface area contributed by atoms with Gasteiger partial charge in [0, 0.05) is 30.4 Å². The van der Waals surface area contributed by atoms with E-state index in [-0.39, 0.29) is 0 Å². The Morgan fingerprint density at radius 2 is 2.50 bits per heavy atom. The summed E-state index contributed by atoms with van der Waals surface area (Å²) in [7, 11) is 0. The third kappa shape index (κ3) is 2.30. The lowest BCUT2D eigenvalue weighted by Crippen LogP contribution is -2.33. The van der Waals surface area contributed by atoms with Gasteiger partial charge in [0.1, 0.15) is 0 Å². The van der Waals surface area contributed by atoms with Crippen LogP contribution in [0.4, 0.5) is 0 Å². The molecule has 0 aliphatic carbocycles. The molecule has 1 nitrogen and oxygen atoms in total. The lowest BCUT2D eigenvalue weighted by molar-refractivity contribution is 0.229. The zero-order valence-electron chi connectivity index (χ0n) is 8.50. The first-order valence-corrected chi connectivity index (χ1v) is 6.54. The Balaban J connectivity index is 1.94. The maximum absolute atomic E-state index is 5.83. The number of nitrogens with zero attached hydrogens (tertiary/aromatic N) is 1. The van der Waals surface area contributed by atoms with E-state index in [4.69, 9.17) is 11.6 Å². The summed E-state index contributed by atoms with van der Waals surface area (Å²) in [5, 5.41) is 2.21. The maximum atomic E-state index is 5.83. The third-order valence-corrected chi connectivity index (χ3v) is 4.27. The van der Waals surface area contributed by atoms with Crippen LogP contribution >= 0.6 is 22.9 Å². The van der Waals surface area contributed by atoms with Crippen molar-refractivity contribution in [3.63, 3.8) is 0 Å². The fraction of sp³-hybridized carbons (Fsp3) is 0.636. The number of hydrogen-bond acceptors (Lipinski definition) is 2. The topological polar surface area (TPSA) is 3.24 Å². The van der Waals surface area contributed by atoms with Gasteiger partial charge in [-0.3, -0.25) is 4.90 Å². The largest absolute Gasteiger partial charge is 0.298 e. The second-order valence-corrected chi connectivity index (χ2v) is 5.42. The molecule has 2 heterocycles. The van der Waals surface area contributed by atoms with Crippen LogP contribution in [0.2, 0.25) is 0 Å². The van der Waals surface area contributed by atoms with Crippen molar-refractivity contribution in [3.8, 4) is 0 Å². The fourth-order valence-corrected chi connectivity index (χ4v) is 2.94. The Morgan fingerprint density at radius 3 is 3.29 bits per heavy atom. The van der Waals surface area contributed by atoms with Crippen molar-refractivity contribution in [3.05, 3.63) is 21.9 Å². The summed E-state index contributed by atoms with van der Waals surface area (Å²) in [6, 6.07) is 2.26. The molecule has 1 aromatic heterocycles. The number of alkyl halides is 1. The fourth-order valence-electron chi connectivity index (χ4n) is 1.95. The van der Waals surface area contributed by atoms with E-state index in [9.17, 15) is 0 Å². The molecule has 0 bridgehead atoms. The maximum Gasteiger partial charge on any atom is 0.0261 e. The first kappa shape index (κ1) is 10.5. The van der Waals surface area contributed by atoms with Crippen molar-refractivity contribution < 1.29 is 0 Å². The van der Waals surface area contributed by atoms with Gasteiger partial charge >= 0.3 is 0 Å². The highest BCUT2D eigenvalue weighted by molar-refractivity contribution is 7.10. The minimum atomic E-state index is 0.608. The average molecular weight is 230 g/mol. The van der Waals surface area contributed by atoms with Gasteiger partial charge in [-0.15, -0.1) is 22.9 Å². The molecule has 1 atom stereocenters. The number of rotatable bonds is 3. The van der Waals surface area contributed by atoms with E-state index in [1.807, 2.05) is 11.3 Å². The summed E-state index contributed by atoms with van der Waals surface area (Å²) in [6.07, 6.45) is 1.22. The van der Waals surface area contributed by atoms with Crippen LogP contribution < -0.4 is 0 Å². The summed E-state index contributed by atoms with van der Waals surface area (Å²) < 4.78 is 0. The molecule has 0 amide bonds. The van der Waals surface area contributed by atoms with Crippen molar-refractivity contribution in [2.75, 3.05) is 19.0 Å². The van der Waals surface area contributed by atoms with Gasteiger partial charge < -0.3 is 0 Å². The molecule has 0 radical (unpaired) electrons. The zero-order chi connectivity index (χ0) is 9.97. The van der Waals surface area contributed by atoms with Gasteiger partial charge in [0.25, 0.3) is 0 Å². The molecule has 0 fully saturated rings. The monoisotopic (exact) mass is 229 g/mol. The Bertz CT molecular complexity index is 297. The molecule has 1 aliphatic heterocycles. The van der Waals surface area contributed by atoms with Crippen LogP contribution in [0.3, 0.4) is 0 Å². The van der Waals surface area contributed by atoms with Crippen LogP contribution in [0, 0.1) is 5.92 Å². The second-order valence-electron chi connectivity index (χ2n) is 4.11. The van der Waals surface area contributed by atoms with Crippen molar-refractivity contribution in [2.45, 2.75) is 19.9 Å². The molecule has 0 saturated carbocycles. The molecule has 0 N–H and O–H groups in total. The van der Waals surface area contributed by atoms with Crippen LogP contribution in [0.15, 0.2) is 11.4 Å². The van der Waals surface area contributed by atoms with E-state index in [1.54, 1.807) is 4.88 Å². The molecule has 1 aliphatic rings. The van der Waals surface area contributed by atoms with E-state index >= 15 is 0 Å². The van der Waals surface area contributed by atoms with Crippen LogP contribution in [-0.2, 0) is 13.0 Å². The molecule has 3 heteroatoms. The SMILES string of the molecule is CC(CCl)CN1CCc2sccc2C1. The molecule has 0 aromatic carbocycles. The van der Waals surface area contributed by atoms with Gasteiger partial charge in [0.2, 0.25) is 0 Å². The van der Waals surface area contributed by atoms with Gasteiger partial charge in [0.05, 0.1) is 0 Å². The summed E-state index contributed by atoms with van der Waals surface area (Å²) in [4.78, 5) is 4.10. The predicted octanol–water partition coefficient (Wildman–Crippen LogP) is 2.98. The molecule has 14 heavy (non-hydrogen) atoms. The van der Waals surface area contributed by atoms with Gasteiger partial charge in [-0.25, -0.2) is 0 Å². The number of halogens is 1. The van der Waals surface area contributed by atoms with E-state index in [0.29, 0.717) is 5.92 Å². The summed E-state index contributed by atoms with van der Waals surface area (Å²) in [6.45, 7) is 5.68. The van der Waals surface area contributed by atoms with Crippen LogP contribution in [0.1, 0.15) is 17.4 Å². The first-order chi connectivity index (χ1) is 6.79. The molecule has 0 saturated heterocycles. The predicted molar refractivity (Wildman–Crippen MR) is 63.2 cm³/mol. The van der Waals surface area contributed by atoms with Crippen LogP contribution in [-0.4, -0.2) is 23.9 Å². The third-order valence-electron chi connectivity index (χ3n) is 2.72. The summed E-state index contributed by atoms with van der Waals surface area (Å²) in [5.41, 5.74) is 1.53. The van der Waals surface area contributed by atoms with Gasteiger partial charge in [-0.05, 0) is 29.3 Å². The van der Waals surface area contributed by atoms with E-state index in [1.165, 1.54) is 18.5 Å². The summed E-state index contributed by atoms with van der Waals surface area (Å²) >= 11 is 7.73. The molecular formula is C11H16ClNS. The summed E-state index contributed by atoms with van der Waals surface area (Å²) in [5.74, 6) is 1.38. The van der Waals surface area contributed by atoms with Crippen molar-refractivity contribution in [1.82, 2.24) is 4.90 Å². The van der Waals surface area contributed by atoms with Gasteiger partial charge in [-0.1, -0.05) is 6.92 Å². The van der Waals surface area contributed by atoms with Crippen LogP contribution in [0.5, 0.6) is 0 Å². The highest BCUT2D eigenvalue weighted by atomic mass is 35.5. The molecule has 1 aromatic rings. The highest BCUT2D eigenvalue weighted by Gasteiger charge is 2.18. The number of fused-ring (bicyclic) bond motifs is 1. The average Bonchev–Trinajstić information content (AvgIpc) is 2.64. The van der Waals surface area contributed by atoms with E-state index in [0.717, 1.165) is 19.0 Å². The number of hydrogen-bond donors (Lipinski definition) is 0. The zero-order valence-corrected chi connectivity index (χ0v) is 10.1. The lowest BCUT2D eigenvalue weighted by atomic mass is 10.1. The highest BCUT2D eigenvalue weighted by Crippen LogP contribution is 2.24. The molecule has 2 rings (SSSR count). The Labute approximate surface area is 94.7 Å². The molecule has 78 valence electrons. The Kier molecular flexibility index (Phi) is 3.47. The minimum absolute atomic E-state index is 0.608. The molecule has 1 unspecified atom stereocenters. The molecule has 0 spiro atoms. The number of thiophene rings is 1. The quantitative estimate of drug-likeness (QED) is 0.721. The first-order valence-electron chi connectivity index (χ1n) is 5.13. The second kappa shape index (κ2) is 4.65. The smallest absolute Gasteiger partial charge is 0.0261 e. The normalized spacial score (nSPS) is 19.3. The van der Waals surface area contributed by atoms with Crippen LogP contribution in [0.25, 0.3) is 0 Å². The Morgan fingerprint density at radius 1 is 1.64 bits per heavy atom. The minimum Gasteiger partial charge on any atom is -0.298 e.